The quantitative estimate of drug-likeness (QED) is 0.610. The summed E-state index contributed by atoms with van der Waals surface area (Å²) in [4.78, 5) is 0. The zero-order chi connectivity index (χ0) is 16.4. The molecule has 2 rings (SSSR count). The van der Waals surface area contributed by atoms with Gasteiger partial charge in [0.05, 0.1) is 11.2 Å². The monoisotopic (exact) mass is 298 g/mol. The van der Waals surface area contributed by atoms with Crippen molar-refractivity contribution in [1.82, 2.24) is 0 Å². The lowest BCUT2D eigenvalue weighted by Crippen LogP contribution is -2.41. The van der Waals surface area contributed by atoms with Crippen molar-refractivity contribution in [3.63, 3.8) is 0 Å². The molecule has 2 nitrogen and oxygen atoms in total. The summed E-state index contributed by atoms with van der Waals surface area (Å²) >= 11 is 0. The van der Waals surface area contributed by atoms with Crippen molar-refractivity contribution in [3.05, 3.63) is 47.6 Å². The molecule has 1 aromatic carbocycles. The molecule has 0 bridgehead atoms. The highest BCUT2D eigenvalue weighted by molar-refractivity contribution is 6.62. The Balaban J connectivity index is 2.27. The van der Waals surface area contributed by atoms with E-state index in [0.717, 1.165) is 11.9 Å². The Morgan fingerprint density at radius 1 is 1.05 bits per heavy atom. The lowest BCUT2D eigenvalue weighted by atomic mass is 9.75. The molecule has 3 heteroatoms. The fourth-order valence-corrected chi connectivity index (χ4v) is 2.45. The molecule has 0 N–H and O–H groups in total. The maximum Gasteiger partial charge on any atom is 0.495 e. The molecule has 0 aliphatic carbocycles. The second-order valence-electron chi connectivity index (χ2n) is 6.85. The summed E-state index contributed by atoms with van der Waals surface area (Å²) in [7, 11) is -0.301. The van der Waals surface area contributed by atoms with Gasteiger partial charge in [-0.25, -0.2) is 0 Å². The molecule has 1 aliphatic rings. The zero-order valence-electron chi connectivity index (χ0n) is 14.6. The van der Waals surface area contributed by atoms with Crippen LogP contribution in [0.15, 0.2) is 36.4 Å². The van der Waals surface area contributed by atoms with Gasteiger partial charge in [0.1, 0.15) is 0 Å². The Labute approximate surface area is 135 Å². The van der Waals surface area contributed by atoms with Crippen molar-refractivity contribution in [1.29, 1.82) is 0 Å². The molecule has 0 saturated carbocycles. The van der Waals surface area contributed by atoms with E-state index in [1.54, 1.807) is 0 Å². The Kier molecular flexibility index (Phi) is 4.98. The van der Waals surface area contributed by atoms with Crippen molar-refractivity contribution >= 4 is 18.7 Å². The van der Waals surface area contributed by atoms with E-state index < -0.39 is 0 Å². The molecule has 1 fully saturated rings. The number of benzene rings is 1. The molecule has 0 unspecified atom stereocenters. The van der Waals surface area contributed by atoms with Gasteiger partial charge in [0.15, 0.2) is 0 Å². The van der Waals surface area contributed by atoms with E-state index in [0.29, 0.717) is 0 Å². The number of hydrogen-bond donors (Lipinski definition) is 0. The number of allylic oxidation sites excluding steroid dienone is 3. The number of hydrogen-bond acceptors (Lipinski definition) is 2. The van der Waals surface area contributed by atoms with E-state index in [2.05, 4.69) is 84.0 Å². The topological polar surface area (TPSA) is 18.5 Å². The fraction of sp³-hybridized carbons (Fsp3) is 0.474. The van der Waals surface area contributed by atoms with Gasteiger partial charge in [0.2, 0.25) is 0 Å². The van der Waals surface area contributed by atoms with Gasteiger partial charge in [-0.15, -0.1) is 0 Å². The molecule has 0 aromatic heterocycles. The van der Waals surface area contributed by atoms with Crippen LogP contribution in [0.1, 0.15) is 52.2 Å². The molecule has 1 aliphatic heterocycles. The third-order valence-corrected chi connectivity index (χ3v) is 4.68. The minimum absolute atomic E-state index is 0.301. The normalized spacial score (nSPS) is 20.4. The molecule has 0 spiro atoms. The van der Waals surface area contributed by atoms with E-state index in [4.69, 9.17) is 9.31 Å². The predicted octanol–water partition coefficient (Wildman–Crippen LogP) is 4.27. The van der Waals surface area contributed by atoms with Gasteiger partial charge < -0.3 is 9.31 Å². The van der Waals surface area contributed by atoms with Crippen LogP contribution in [0.2, 0.25) is 0 Å². The molecule has 1 heterocycles. The van der Waals surface area contributed by atoms with E-state index >= 15 is 0 Å². The molecule has 118 valence electrons. The fourth-order valence-electron chi connectivity index (χ4n) is 2.45. The van der Waals surface area contributed by atoms with Crippen LogP contribution in [0.25, 0.3) is 6.08 Å². The maximum atomic E-state index is 6.17. The first-order valence-electron chi connectivity index (χ1n) is 8.07. The van der Waals surface area contributed by atoms with Gasteiger partial charge in [-0.05, 0) is 57.6 Å². The summed E-state index contributed by atoms with van der Waals surface area (Å²) in [5.74, 6) is 0. The summed E-state index contributed by atoms with van der Waals surface area (Å²) < 4.78 is 12.3. The molecule has 1 saturated heterocycles. The largest absolute Gasteiger partial charge is 0.495 e. The zero-order valence-corrected chi connectivity index (χ0v) is 14.6. The third-order valence-electron chi connectivity index (χ3n) is 4.68. The Morgan fingerprint density at radius 2 is 1.68 bits per heavy atom. The molecule has 0 amide bonds. The Hall–Kier alpha value is -1.32. The highest BCUT2D eigenvalue weighted by Gasteiger charge is 2.52. The van der Waals surface area contributed by atoms with Crippen LogP contribution in [-0.4, -0.2) is 18.3 Å². The second kappa shape index (κ2) is 6.43. The molecule has 0 atom stereocenters. The van der Waals surface area contributed by atoms with E-state index in [1.165, 1.54) is 11.1 Å². The SMILES string of the molecule is CC/C=C/C=C/c1cccc(B2OC(C)(C)C(C)(C)O2)c1C. The smallest absolute Gasteiger partial charge is 0.399 e. The summed E-state index contributed by atoms with van der Waals surface area (Å²) in [5.41, 5.74) is 2.91. The van der Waals surface area contributed by atoms with E-state index in [9.17, 15) is 0 Å². The second-order valence-corrected chi connectivity index (χ2v) is 6.85. The summed E-state index contributed by atoms with van der Waals surface area (Å²) in [6.07, 6.45) is 9.50. The average molecular weight is 298 g/mol. The van der Waals surface area contributed by atoms with Crippen LogP contribution in [0.4, 0.5) is 0 Å². The van der Waals surface area contributed by atoms with Crippen LogP contribution in [-0.2, 0) is 9.31 Å². The molecular weight excluding hydrogens is 271 g/mol. The Morgan fingerprint density at radius 3 is 2.27 bits per heavy atom. The molecular formula is C19H27BO2. The van der Waals surface area contributed by atoms with Gasteiger partial charge in [-0.2, -0.15) is 0 Å². The first-order valence-corrected chi connectivity index (χ1v) is 8.07. The van der Waals surface area contributed by atoms with Crippen molar-refractivity contribution < 1.29 is 9.31 Å². The first-order chi connectivity index (χ1) is 10.3. The van der Waals surface area contributed by atoms with Crippen molar-refractivity contribution in [2.45, 2.75) is 59.2 Å². The van der Waals surface area contributed by atoms with E-state index in [1.807, 2.05) is 0 Å². The molecule has 1 aromatic rings. The van der Waals surface area contributed by atoms with Crippen LogP contribution < -0.4 is 5.46 Å². The van der Waals surface area contributed by atoms with Gasteiger partial charge in [0, 0.05) is 0 Å². The summed E-state index contributed by atoms with van der Waals surface area (Å²) in [5, 5.41) is 0. The van der Waals surface area contributed by atoms with E-state index in [-0.39, 0.29) is 18.3 Å². The highest BCUT2D eigenvalue weighted by atomic mass is 16.7. The average Bonchev–Trinajstić information content (AvgIpc) is 2.65. The van der Waals surface area contributed by atoms with Crippen molar-refractivity contribution in [3.8, 4) is 0 Å². The van der Waals surface area contributed by atoms with Crippen molar-refractivity contribution in [2.24, 2.45) is 0 Å². The highest BCUT2D eigenvalue weighted by Crippen LogP contribution is 2.36. The standard InChI is InChI=1S/C19H27BO2/c1-7-8-9-10-12-16-13-11-14-17(15(16)2)20-21-18(3,4)19(5,6)22-20/h8-14H,7H2,1-6H3/b9-8+,12-10+. The summed E-state index contributed by atoms with van der Waals surface area (Å²) in [6.45, 7) is 12.6. The van der Waals surface area contributed by atoms with Crippen molar-refractivity contribution in [2.75, 3.05) is 0 Å². The molecule has 0 radical (unpaired) electrons. The first kappa shape index (κ1) is 17.0. The van der Waals surface area contributed by atoms with Crippen LogP contribution in [0.3, 0.4) is 0 Å². The minimum atomic E-state index is -0.306. The predicted molar refractivity (Wildman–Crippen MR) is 95.4 cm³/mol. The van der Waals surface area contributed by atoms with Crippen LogP contribution >= 0.6 is 0 Å². The van der Waals surface area contributed by atoms with Gasteiger partial charge in [-0.3, -0.25) is 0 Å². The minimum Gasteiger partial charge on any atom is -0.399 e. The lowest BCUT2D eigenvalue weighted by molar-refractivity contribution is 0.00578. The Bertz CT molecular complexity index is 569. The van der Waals surface area contributed by atoms with Crippen LogP contribution in [0.5, 0.6) is 0 Å². The third kappa shape index (κ3) is 3.36. The van der Waals surface area contributed by atoms with Gasteiger partial charge in [0.25, 0.3) is 0 Å². The lowest BCUT2D eigenvalue weighted by Gasteiger charge is -2.32. The maximum absolute atomic E-state index is 6.17. The van der Waals surface area contributed by atoms with Crippen LogP contribution in [0, 0.1) is 6.92 Å². The van der Waals surface area contributed by atoms with Gasteiger partial charge in [-0.1, -0.05) is 49.4 Å². The number of rotatable bonds is 4. The molecule has 22 heavy (non-hydrogen) atoms. The van der Waals surface area contributed by atoms with Gasteiger partial charge >= 0.3 is 7.12 Å². The summed E-state index contributed by atoms with van der Waals surface area (Å²) in [6, 6.07) is 6.29.